The number of aromatic hydroxyl groups is 1. The fourth-order valence-corrected chi connectivity index (χ4v) is 3.36. The zero-order valence-corrected chi connectivity index (χ0v) is 16.6. The number of para-hydroxylation sites is 1. The van der Waals surface area contributed by atoms with Gasteiger partial charge in [-0.05, 0) is 37.1 Å². The van der Waals surface area contributed by atoms with Crippen molar-refractivity contribution in [2.45, 2.75) is 26.3 Å². The molecule has 29 heavy (non-hydrogen) atoms. The maximum absolute atomic E-state index is 12.7. The number of carbonyl (C=O) groups is 2. The van der Waals surface area contributed by atoms with Crippen molar-refractivity contribution in [3.63, 3.8) is 0 Å². The molecule has 1 aromatic heterocycles. The molecule has 0 aliphatic rings. The van der Waals surface area contributed by atoms with Crippen molar-refractivity contribution in [2.75, 3.05) is 0 Å². The first-order chi connectivity index (χ1) is 13.8. The van der Waals surface area contributed by atoms with Crippen LogP contribution < -0.4 is 5.32 Å². The maximum Gasteiger partial charge on any atom is 0.305 e. The molecule has 0 saturated carbocycles. The Hall–Kier alpha value is -3.32. The smallest absolute Gasteiger partial charge is 0.305 e. The Balaban J connectivity index is 1.90. The van der Waals surface area contributed by atoms with Gasteiger partial charge in [-0.2, -0.15) is 9.78 Å². The molecule has 1 atom stereocenters. The summed E-state index contributed by atoms with van der Waals surface area (Å²) in [4.78, 5) is 24.1. The molecule has 0 aliphatic heterocycles. The number of hydrogen-bond donors (Lipinski definition) is 3. The number of aliphatic carboxylic acids is 1. The highest BCUT2D eigenvalue weighted by Crippen LogP contribution is 2.26. The van der Waals surface area contributed by atoms with Gasteiger partial charge in [-0.15, -0.1) is 0 Å². The largest absolute Gasteiger partial charge is 0.493 e. The first kappa shape index (κ1) is 20.4. The third-order valence-corrected chi connectivity index (χ3v) is 4.81. The number of rotatable bonds is 6. The van der Waals surface area contributed by atoms with Crippen LogP contribution in [0.5, 0.6) is 5.88 Å². The van der Waals surface area contributed by atoms with E-state index in [9.17, 15) is 19.8 Å². The lowest BCUT2D eigenvalue weighted by Crippen LogP contribution is -2.31. The van der Waals surface area contributed by atoms with Crippen LogP contribution in [0.15, 0.2) is 48.5 Å². The summed E-state index contributed by atoms with van der Waals surface area (Å²) in [5.74, 6) is -1.90. The Labute approximate surface area is 172 Å². The highest BCUT2D eigenvalue weighted by Gasteiger charge is 2.23. The minimum absolute atomic E-state index is 0.0532. The van der Waals surface area contributed by atoms with Crippen molar-refractivity contribution < 1.29 is 19.8 Å². The summed E-state index contributed by atoms with van der Waals surface area (Å²) in [7, 11) is 0. The number of aromatic nitrogens is 2. The number of nitrogens with one attached hydrogen (secondary N) is 1. The van der Waals surface area contributed by atoms with Crippen LogP contribution in [0.4, 0.5) is 0 Å². The molecule has 0 aliphatic carbocycles. The SMILES string of the molecule is Cc1ccc(C(CC(=O)O)NC(=O)c2cc(O)n(-c3ccccc3Cl)n2)c(C)c1. The molecule has 2 aromatic carbocycles. The third kappa shape index (κ3) is 4.57. The van der Waals surface area contributed by atoms with Crippen molar-refractivity contribution in [1.29, 1.82) is 0 Å². The summed E-state index contributed by atoms with van der Waals surface area (Å²) in [6.45, 7) is 3.80. The van der Waals surface area contributed by atoms with Crippen LogP contribution in [0.2, 0.25) is 5.02 Å². The second-order valence-electron chi connectivity index (χ2n) is 6.73. The number of carboxylic acid groups (broad SMARTS) is 1. The van der Waals surface area contributed by atoms with Gasteiger partial charge in [0.15, 0.2) is 5.69 Å². The topological polar surface area (TPSA) is 104 Å². The number of amides is 1. The van der Waals surface area contributed by atoms with Gasteiger partial charge in [-0.1, -0.05) is 47.5 Å². The number of hydrogen-bond acceptors (Lipinski definition) is 4. The summed E-state index contributed by atoms with van der Waals surface area (Å²) in [5.41, 5.74) is 2.99. The Morgan fingerprint density at radius 2 is 1.90 bits per heavy atom. The van der Waals surface area contributed by atoms with Crippen LogP contribution in [-0.2, 0) is 4.79 Å². The van der Waals surface area contributed by atoms with Crippen LogP contribution in [0.3, 0.4) is 0 Å². The standard InChI is InChI=1S/C21H20ClN3O4/c1-12-7-8-14(13(2)9-12)16(11-20(27)28)23-21(29)17-10-19(26)25(24-17)18-6-4-3-5-15(18)22/h3-10,16,26H,11H2,1-2H3,(H,23,29)(H,27,28). The molecule has 0 fully saturated rings. The first-order valence-electron chi connectivity index (χ1n) is 8.90. The molecule has 1 unspecified atom stereocenters. The van der Waals surface area contributed by atoms with Gasteiger partial charge in [-0.3, -0.25) is 9.59 Å². The summed E-state index contributed by atoms with van der Waals surface area (Å²) in [5, 5.41) is 26.7. The lowest BCUT2D eigenvalue weighted by Gasteiger charge is -2.19. The Bertz CT molecular complexity index is 1080. The molecule has 150 valence electrons. The van der Waals surface area contributed by atoms with Gasteiger partial charge in [0, 0.05) is 6.07 Å². The van der Waals surface area contributed by atoms with E-state index in [1.807, 2.05) is 26.0 Å². The molecule has 0 radical (unpaired) electrons. The van der Waals surface area contributed by atoms with E-state index in [1.54, 1.807) is 30.3 Å². The van der Waals surface area contributed by atoms with Crippen molar-refractivity contribution >= 4 is 23.5 Å². The molecule has 1 heterocycles. The molecule has 3 aromatic rings. The molecule has 0 bridgehead atoms. The fourth-order valence-electron chi connectivity index (χ4n) is 3.15. The van der Waals surface area contributed by atoms with Crippen LogP contribution in [0.1, 0.15) is 39.6 Å². The van der Waals surface area contributed by atoms with E-state index >= 15 is 0 Å². The Kier molecular flexibility index (Phi) is 5.89. The highest BCUT2D eigenvalue weighted by molar-refractivity contribution is 6.32. The number of nitrogens with zero attached hydrogens (tertiary/aromatic N) is 2. The lowest BCUT2D eigenvalue weighted by atomic mass is 9.97. The van der Waals surface area contributed by atoms with Gasteiger partial charge in [0.25, 0.3) is 5.91 Å². The van der Waals surface area contributed by atoms with Gasteiger partial charge in [0.1, 0.15) is 0 Å². The molecule has 7 nitrogen and oxygen atoms in total. The van der Waals surface area contributed by atoms with E-state index in [1.165, 1.54) is 6.07 Å². The fraction of sp³-hybridized carbons (Fsp3) is 0.190. The van der Waals surface area contributed by atoms with Crippen LogP contribution in [-0.4, -0.2) is 31.9 Å². The predicted octanol–water partition coefficient (Wildman–Crippen LogP) is 3.79. The number of halogens is 1. The van der Waals surface area contributed by atoms with E-state index in [4.69, 9.17) is 11.6 Å². The normalized spacial score (nSPS) is 11.8. The van der Waals surface area contributed by atoms with Crippen LogP contribution >= 0.6 is 11.6 Å². The monoisotopic (exact) mass is 413 g/mol. The van der Waals surface area contributed by atoms with E-state index in [-0.39, 0.29) is 18.0 Å². The van der Waals surface area contributed by atoms with Crippen molar-refractivity contribution in [2.24, 2.45) is 0 Å². The molecular formula is C21H20ClN3O4. The summed E-state index contributed by atoms with van der Waals surface area (Å²) < 4.78 is 1.15. The van der Waals surface area contributed by atoms with Crippen LogP contribution in [0, 0.1) is 13.8 Å². The lowest BCUT2D eigenvalue weighted by molar-refractivity contribution is -0.137. The van der Waals surface area contributed by atoms with Gasteiger partial charge >= 0.3 is 5.97 Å². The summed E-state index contributed by atoms with van der Waals surface area (Å²) >= 11 is 6.13. The zero-order chi connectivity index (χ0) is 21.1. The molecular weight excluding hydrogens is 394 g/mol. The maximum atomic E-state index is 12.7. The number of carboxylic acids is 1. The highest BCUT2D eigenvalue weighted by atomic mass is 35.5. The molecule has 0 saturated heterocycles. The minimum atomic E-state index is -1.04. The molecule has 8 heteroatoms. The number of carbonyl (C=O) groups excluding carboxylic acids is 1. The Morgan fingerprint density at radius 3 is 2.55 bits per heavy atom. The van der Waals surface area contributed by atoms with Gasteiger partial charge in [0.2, 0.25) is 5.88 Å². The molecule has 3 rings (SSSR count). The Morgan fingerprint density at radius 1 is 1.17 bits per heavy atom. The minimum Gasteiger partial charge on any atom is -0.493 e. The second kappa shape index (κ2) is 8.36. The zero-order valence-electron chi connectivity index (χ0n) is 15.9. The third-order valence-electron chi connectivity index (χ3n) is 4.49. The van der Waals surface area contributed by atoms with Gasteiger partial charge in [-0.25, -0.2) is 0 Å². The first-order valence-corrected chi connectivity index (χ1v) is 9.28. The number of aryl methyl sites for hydroxylation is 2. The summed E-state index contributed by atoms with van der Waals surface area (Å²) in [6, 6.07) is 12.8. The molecule has 1 amide bonds. The van der Waals surface area contributed by atoms with Crippen molar-refractivity contribution in [3.8, 4) is 11.6 Å². The van der Waals surface area contributed by atoms with E-state index in [0.29, 0.717) is 16.3 Å². The van der Waals surface area contributed by atoms with Crippen LogP contribution in [0.25, 0.3) is 5.69 Å². The van der Waals surface area contributed by atoms with Crippen molar-refractivity contribution in [3.05, 3.63) is 75.9 Å². The van der Waals surface area contributed by atoms with Crippen molar-refractivity contribution in [1.82, 2.24) is 15.1 Å². The average molecular weight is 414 g/mol. The average Bonchev–Trinajstić information content (AvgIpc) is 3.03. The summed E-state index contributed by atoms with van der Waals surface area (Å²) in [6.07, 6.45) is -0.285. The second-order valence-corrected chi connectivity index (χ2v) is 7.14. The number of benzene rings is 2. The van der Waals surface area contributed by atoms with E-state index < -0.39 is 17.9 Å². The quantitative estimate of drug-likeness (QED) is 0.570. The van der Waals surface area contributed by atoms with E-state index in [2.05, 4.69) is 10.4 Å². The molecule has 3 N–H and O–H groups in total. The van der Waals surface area contributed by atoms with Gasteiger partial charge < -0.3 is 15.5 Å². The van der Waals surface area contributed by atoms with E-state index in [0.717, 1.165) is 15.8 Å². The molecule has 0 spiro atoms. The predicted molar refractivity (Wildman–Crippen MR) is 109 cm³/mol. The van der Waals surface area contributed by atoms with Gasteiger partial charge in [0.05, 0.1) is 23.2 Å².